The second-order valence-electron chi connectivity index (χ2n) is 5.16. The molecule has 0 saturated heterocycles. The second kappa shape index (κ2) is 10.8. The fraction of sp³-hybridized carbons (Fsp3) is 0.583. The van der Waals surface area contributed by atoms with Crippen molar-refractivity contribution in [3.05, 3.63) is 0 Å². The quantitative estimate of drug-likeness (QED) is 0.174. The number of primary amides is 1. The molecule has 4 atom stereocenters. The molecule has 0 aromatic carbocycles. The molecule has 0 aliphatic rings. The topological polar surface area (TPSA) is 246 Å². The number of urea groups is 1. The van der Waals surface area contributed by atoms with Crippen molar-refractivity contribution < 1.29 is 39.3 Å². The van der Waals surface area contributed by atoms with Gasteiger partial charge in [0.15, 0.2) is 6.04 Å². The number of hydrogen-bond donors (Lipinski definition) is 9. The van der Waals surface area contributed by atoms with Crippen molar-refractivity contribution in [2.45, 2.75) is 37.6 Å². The highest BCUT2D eigenvalue weighted by atomic mass is 16.4. The van der Waals surface area contributed by atoms with Crippen LogP contribution in [0.1, 0.15) is 13.3 Å². The van der Waals surface area contributed by atoms with Gasteiger partial charge >= 0.3 is 12.0 Å². The first kappa shape index (κ1) is 23.0. The molecule has 5 amide bonds. The van der Waals surface area contributed by atoms with Crippen molar-refractivity contribution in [1.29, 1.82) is 0 Å². The van der Waals surface area contributed by atoms with Crippen LogP contribution < -0.4 is 33.0 Å². The molecular formula is C12H22N6O8. The predicted molar refractivity (Wildman–Crippen MR) is 83.7 cm³/mol. The molecule has 0 aliphatic heterocycles. The highest BCUT2D eigenvalue weighted by Gasteiger charge is 2.27. The van der Waals surface area contributed by atoms with E-state index in [4.69, 9.17) is 26.8 Å². The lowest BCUT2D eigenvalue weighted by Gasteiger charge is -2.20. The molecule has 0 aliphatic carbocycles. The van der Waals surface area contributed by atoms with E-state index in [1.54, 1.807) is 0 Å². The van der Waals surface area contributed by atoms with Gasteiger partial charge in [0.05, 0.1) is 19.1 Å². The first-order valence-corrected chi connectivity index (χ1v) is 7.21. The van der Waals surface area contributed by atoms with Crippen molar-refractivity contribution in [2.24, 2.45) is 11.5 Å². The summed E-state index contributed by atoms with van der Waals surface area (Å²) in [4.78, 5) is 56.9. The molecule has 0 radical (unpaired) electrons. The van der Waals surface area contributed by atoms with Gasteiger partial charge in [-0.05, 0) is 6.92 Å². The maximum absolute atomic E-state index is 12.0. The van der Waals surface area contributed by atoms with Gasteiger partial charge in [-0.25, -0.2) is 9.59 Å². The van der Waals surface area contributed by atoms with Gasteiger partial charge in [0.25, 0.3) is 11.8 Å². The zero-order chi connectivity index (χ0) is 20.4. The molecule has 0 heterocycles. The Kier molecular flexibility index (Phi) is 9.57. The molecule has 0 aromatic heterocycles. The largest absolute Gasteiger partial charge is 0.480 e. The lowest BCUT2D eigenvalue weighted by Crippen LogP contribution is -2.59. The molecule has 14 heteroatoms. The van der Waals surface area contributed by atoms with Crippen molar-refractivity contribution in [3.8, 4) is 0 Å². The van der Waals surface area contributed by atoms with Gasteiger partial charge in [0.1, 0.15) is 12.1 Å². The van der Waals surface area contributed by atoms with Gasteiger partial charge in [0, 0.05) is 0 Å². The fourth-order valence-corrected chi connectivity index (χ4v) is 1.47. The average Bonchev–Trinajstić information content (AvgIpc) is 2.54. The number of carboxylic acids is 1. The van der Waals surface area contributed by atoms with Crippen LogP contribution in [0.5, 0.6) is 0 Å². The van der Waals surface area contributed by atoms with Crippen LogP contribution in [-0.2, 0) is 19.2 Å². The van der Waals surface area contributed by atoms with E-state index in [1.807, 2.05) is 21.5 Å². The summed E-state index contributed by atoms with van der Waals surface area (Å²) in [5.74, 6) is -4.52. The lowest BCUT2D eigenvalue weighted by atomic mass is 10.2. The average molecular weight is 378 g/mol. The monoisotopic (exact) mass is 378 g/mol. The molecule has 26 heavy (non-hydrogen) atoms. The molecule has 0 aromatic rings. The third-order valence-electron chi connectivity index (χ3n) is 2.94. The van der Waals surface area contributed by atoms with E-state index in [2.05, 4.69) is 0 Å². The highest BCUT2D eigenvalue weighted by molar-refractivity contribution is 5.93. The molecule has 0 spiro atoms. The minimum atomic E-state index is -1.64. The summed E-state index contributed by atoms with van der Waals surface area (Å²) in [5.41, 5.74) is 14.0. The first-order chi connectivity index (χ1) is 12.0. The Bertz CT molecular complexity index is 554. The number of hydrazine groups is 1. The first-order valence-electron chi connectivity index (χ1n) is 7.21. The van der Waals surface area contributed by atoms with Gasteiger partial charge in [-0.2, -0.15) is 0 Å². The fourth-order valence-electron chi connectivity index (χ4n) is 1.47. The zero-order valence-electron chi connectivity index (χ0n) is 13.8. The Hall–Kier alpha value is -2.97. The number of nitrogens with one attached hydrogen (secondary N) is 4. The van der Waals surface area contributed by atoms with Crippen molar-refractivity contribution in [3.63, 3.8) is 0 Å². The van der Waals surface area contributed by atoms with E-state index in [-0.39, 0.29) is 0 Å². The summed E-state index contributed by atoms with van der Waals surface area (Å²) >= 11 is 0. The predicted octanol–water partition coefficient (Wildman–Crippen LogP) is -5.17. The molecule has 14 nitrogen and oxygen atoms in total. The van der Waals surface area contributed by atoms with Crippen LogP contribution >= 0.6 is 0 Å². The zero-order valence-corrected chi connectivity index (χ0v) is 13.8. The Balaban J connectivity index is 4.84. The normalized spacial score (nSPS) is 14.9. The van der Waals surface area contributed by atoms with Crippen LogP contribution in [0.15, 0.2) is 0 Å². The molecule has 0 unspecified atom stereocenters. The Morgan fingerprint density at radius 2 is 1.50 bits per heavy atom. The number of amides is 5. The Morgan fingerprint density at radius 1 is 1.00 bits per heavy atom. The van der Waals surface area contributed by atoms with Gasteiger partial charge < -0.3 is 37.4 Å². The summed E-state index contributed by atoms with van der Waals surface area (Å²) < 4.78 is 0. The van der Waals surface area contributed by atoms with E-state index in [0.717, 1.165) is 0 Å². The number of hydrogen-bond acceptors (Lipinski definition) is 8. The molecule has 0 bridgehead atoms. The van der Waals surface area contributed by atoms with Gasteiger partial charge in [0.2, 0.25) is 5.91 Å². The third-order valence-corrected chi connectivity index (χ3v) is 2.94. The third kappa shape index (κ3) is 8.22. The maximum Gasteiger partial charge on any atom is 0.328 e. The molecule has 0 saturated carbocycles. The number of aliphatic carboxylic acids is 1. The SMILES string of the molecule is C[C@@H](O)[C@H](N)C(=O)NNC(=O)[C@H](CC(N)=O)NC(=O)N[C@@H](CO)C(=O)O. The smallest absolute Gasteiger partial charge is 0.328 e. The summed E-state index contributed by atoms with van der Waals surface area (Å²) in [6.45, 7) is 0.330. The molecular weight excluding hydrogens is 356 g/mol. The van der Waals surface area contributed by atoms with E-state index in [1.165, 1.54) is 6.92 Å². The van der Waals surface area contributed by atoms with E-state index >= 15 is 0 Å². The van der Waals surface area contributed by atoms with E-state index in [9.17, 15) is 24.0 Å². The van der Waals surface area contributed by atoms with Crippen LogP contribution in [-0.4, -0.2) is 75.9 Å². The number of carbonyl (C=O) groups is 5. The van der Waals surface area contributed by atoms with E-state index in [0.29, 0.717) is 0 Å². The van der Waals surface area contributed by atoms with Crippen LogP contribution in [0, 0.1) is 0 Å². The number of aliphatic hydroxyl groups is 2. The van der Waals surface area contributed by atoms with Gasteiger partial charge in [-0.15, -0.1) is 0 Å². The number of rotatable bonds is 9. The molecule has 11 N–H and O–H groups in total. The van der Waals surface area contributed by atoms with Crippen LogP contribution in [0.25, 0.3) is 0 Å². The Labute approximate surface area is 147 Å². The number of aliphatic hydroxyl groups excluding tert-OH is 2. The van der Waals surface area contributed by atoms with Gasteiger partial charge in [-0.3, -0.25) is 25.2 Å². The number of carboxylic acid groups (broad SMARTS) is 1. The summed E-state index contributed by atoms with van der Waals surface area (Å²) in [6, 6.07) is -5.73. The van der Waals surface area contributed by atoms with Crippen molar-refractivity contribution in [1.82, 2.24) is 21.5 Å². The Morgan fingerprint density at radius 3 is 1.92 bits per heavy atom. The van der Waals surface area contributed by atoms with Crippen LogP contribution in [0.4, 0.5) is 4.79 Å². The molecule has 148 valence electrons. The second-order valence-corrected chi connectivity index (χ2v) is 5.16. The lowest BCUT2D eigenvalue weighted by molar-refractivity contribution is -0.140. The van der Waals surface area contributed by atoms with Crippen molar-refractivity contribution >= 4 is 29.7 Å². The van der Waals surface area contributed by atoms with Crippen LogP contribution in [0.2, 0.25) is 0 Å². The highest BCUT2D eigenvalue weighted by Crippen LogP contribution is 1.93. The van der Waals surface area contributed by atoms with Crippen molar-refractivity contribution in [2.75, 3.05) is 6.61 Å². The summed E-state index contributed by atoms with van der Waals surface area (Å²) in [6.07, 6.45) is -1.88. The maximum atomic E-state index is 12.0. The van der Waals surface area contributed by atoms with Gasteiger partial charge in [-0.1, -0.05) is 0 Å². The number of carbonyl (C=O) groups excluding carboxylic acids is 4. The minimum Gasteiger partial charge on any atom is -0.480 e. The van der Waals surface area contributed by atoms with Crippen LogP contribution in [0.3, 0.4) is 0 Å². The summed E-state index contributed by atoms with van der Waals surface area (Å²) in [7, 11) is 0. The molecule has 0 rings (SSSR count). The number of nitrogens with two attached hydrogens (primary N) is 2. The summed E-state index contributed by atoms with van der Waals surface area (Å²) in [5, 5.41) is 30.5. The standard InChI is InChI=1S/C12H22N6O8/c1-4(20)8(14)10(23)18-17-9(22)5(2-7(13)21)15-12(26)16-6(3-19)11(24)25/h4-6,8,19-20H,2-3,14H2,1H3,(H2,13,21)(H,17,22)(H,18,23)(H,24,25)(H2,15,16,26)/t4-,5+,6+,8+/m1/s1. The minimum absolute atomic E-state index is 0.672. The van der Waals surface area contributed by atoms with E-state index < -0.39 is 67.0 Å². The molecule has 0 fully saturated rings.